The molecule has 2 fully saturated rings. The Morgan fingerprint density at radius 1 is 1.07 bits per heavy atom. The van der Waals surface area contributed by atoms with Crippen molar-refractivity contribution in [1.29, 1.82) is 0 Å². The molecule has 0 spiro atoms. The first-order valence-corrected chi connectivity index (χ1v) is 10.9. The van der Waals surface area contributed by atoms with Crippen LogP contribution in [0.5, 0.6) is 11.5 Å². The first kappa shape index (κ1) is 20.6. The molecule has 2 N–H and O–H groups in total. The van der Waals surface area contributed by atoms with Gasteiger partial charge < -0.3 is 19.9 Å². The van der Waals surface area contributed by atoms with E-state index in [-0.39, 0.29) is 29.3 Å². The van der Waals surface area contributed by atoms with Crippen LogP contribution in [0.2, 0.25) is 0 Å². The maximum atomic E-state index is 13.2. The Hall–Kier alpha value is -2.69. The van der Waals surface area contributed by atoms with Gasteiger partial charge in [0.1, 0.15) is 17.3 Å². The van der Waals surface area contributed by atoms with E-state index in [4.69, 9.17) is 19.9 Å². The second-order valence-electron chi connectivity index (χ2n) is 7.12. The van der Waals surface area contributed by atoms with Gasteiger partial charge in [-0.1, -0.05) is 0 Å². The zero-order valence-electron chi connectivity index (χ0n) is 15.9. The average Bonchev–Trinajstić information content (AvgIpc) is 3.19. The number of primary amides is 1. The van der Waals surface area contributed by atoms with Crippen molar-refractivity contribution in [2.45, 2.75) is 30.1 Å². The molecule has 2 aromatic carbocycles. The lowest BCUT2D eigenvalue weighted by Crippen LogP contribution is -2.54. The second-order valence-corrected chi connectivity index (χ2v) is 9.01. The SMILES string of the molecule is NC(=O)OC1C2CCOC2CCN1S(=O)(=O)c1ccc(Oc2ccc(F)cc2)cc1. The smallest absolute Gasteiger partial charge is 0.406 e. The molecule has 0 saturated carbocycles. The fourth-order valence-corrected chi connectivity index (χ4v) is 5.43. The summed E-state index contributed by atoms with van der Waals surface area (Å²) >= 11 is 0. The third-order valence-corrected chi connectivity index (χ3v) is 7.14. The molecule has 3 unspecified atom stereocenters. The maximum absolute atomic E-state index is 13.2. The zero-order valence-corrected chi connectivity index (χ0v) is 16.8. The predicted molar refractivity (Wildman–Crippen MR) is 104 cm³/mol. The number of ether oxygens (including phenoxy) is 3. The summed E-state index contributed by atoms with van der Waals surface area (Å²) in [5, 5.41) is 0. The number of rotatable bonds is 5. The Labute approximate surface area is 173 Å². The minimum atomic E-state index is -3.95. The molecule has 2 heterocycles. The van der Waals surface area contributed by atoms with Crippen LogP contribution in [-0.2, 0) is 19.5 Å². The molecule has 0 bridgehead atoms. The summed E-state index contributed by atoms with van der Waals surface area (Å²) < 4.78 is 57.1. The van der Waals surface area contributed by atoms with Crippen molar-refractivity contribution in [3.05, 3.63) is 54.3 Å². The van der Waals surface area contributed by atoms with Crippen molar-refractivity contribution < 1.29 is 31.8 Å². The van der Waals surface area contributed by atoms with E-state index < -0.39 is 22.3 Å². The summed E-state index contributed by atoms with van der Waals surface area (Å²) in [5.74, 6) is 0.175. The van der Waals surface area contributed by atoms with Crippen LogP contribution in [0.4, 0.5) is 9.18 Å². The van der Waals surface area contributed by atoms with Crippen molar-refractivity contribution in [3.8, 4) is 11.5 Å². The van der Waals surface area contributed by atoms with Gasteiger partial charge in [-0.3, -0.25) is 0 Å². The fraction of sp³-hybridized carbons (Fsp3) is 0.350. The number of piperidine rings is 1. The standard InChI is InChI=1S/C20H21FN2O6S/c21-13-1-3-14(4-2-13)28-15-5-7-16(8-6-15)30(25,26)23-11-9-18-17(10-12-27-18)19(23)29-20(22)24/h1-8,17-19H,9-12H2,(H2,22,24). The van der Waals surface area contributed by atoms with E-state index in [1.165, 1.54) is 52.8 Å². The van der Waals surface area contributed by atoms with Gasteiger partial charge in [-0.15, -0.1) is 0 Å². The first-order valence-electron chi connectivity index (χ1n) is 9.47. The summed E-state index contributed by atoms with van der Waals surface area (Å²) in [5.41, 5.74) is 5.19. The van der Waals surface area contributed by atoms with Gasteiger partial charge in [0.25, 0.3) is 0 Å². The summed E-state index contributed by atoms with van der Waals surface area (Å²) in [6, 6.07) is 11.3. The lowest BCUT2D eigenvalue weighted by Gasteiger charge is -2.39. The van der Waals surface area contributed by atoms with Crippen LogP contribution < -0.4 is 10.5 Å². The largest absolute Gasteiger partial charge is 0.457 e. The number of halogens is 1. The molecule has 0 aliphatic carbocycles. The highest BCUT2D eigenvalue weighted by atomic mass is 32.2. The molecule has 8 nitrogen and oxygen atoms in total. The summed E-state index contributed by atoms with van der Waals surface area (Å²) in [4.78, 5) is 11.4. The summed E-state index contributed by atoms with van der Waals surface area (Å²) in [6.07, 6.45) is -1.11. The highest BCUT2D eigenvalue weighted by Gasteiger charge is 2.48. The third-order valence-electron chi connectivity index (χ3n) is 5.26. The molecule has 0 radical (unpaired) electrons. The molecule has 2 saturated heterocycles. The monoisotopic (exact) mass is 436 g/mol. The van der Waals surface area contributed by atoms with Gasteiger partial charge in [0.2, 0.25) is 10.0 Å². The van der Waals surface area contributed by atoms with E-state index in [1.54, 1.807) is 0 Å². The lowest BCUT2D eigenvalue weighted by molar-refractivity contribution is -0.0639. The molecule has 0 aromatic heterocycles. The Kier molecular flexibility index (Phi) is 5.63. The Balaban J connectivity index is 1.55. The van der Waals surface area contributed by atoms with Crippen molar-refractivity contribution in [2.24, 2.45) is 11.7 Å². The van der Waals surface area contributed by atoms with Gasteiger partial charge >= 0.3 is 6.09 Å². The van der Waals surface area contributed by atoms with E-state index in [1.807, 2.05) is 0 Å². The van der Waals surface area contributed by atoms with Crippen LogP contribution in [0.25, 0.3) is 0 Å². The number of carbonyl (C=O) groups excluding carboxylic acids is 1. The van der Waals surface area contributed by atoms with E-state index in [0.29, 0.717) is 30.9 Å². The van der Waals surface area contributed by atoms with Gasteiger partial charge in [-0.05, 0) is 61.4 Å². The van der Waals surface area contributed by atoms with Crippen LogP contribution in [0, 0.1) is 11.7 Å². The van der Waals surface area contributed by atoms with Crippen LogP contribution in [0.1, 0.15) is 12.8 Å². The van der Waals surface area contributed by atoms with Gasteiger partial charge in [-0.25, -0.2) is 17.6 Å². The number of sulfonamides is 1. The van der Waals surface area contributed by atoms with Gasteiger partial charge in [-0.2, -0.15) is 4.31 Å². The van der Waals surface area contributed by atoms with Crippen LogP contribution in [0.15, 0.2) is 53.4 Å². The van der Waals surface area contributed by atoms with Gasteiger partial charge in [0, 0.05) is 19.1 Å². The summed E-state index contributed by atoms with van der Waals surface area (Å²) in [7, 11) is -3.95. The molecular formula is C20H21FN2O6S. The highest BCUT2D eigenvalue weighted by molar-refractivity contribution is 7.89. The fourth-order valence-electron chi connectivity index (χ4n) is 3.86. The Morgan fingerprint density at radius 2 is 1.70 bits per heavy atom. The maximum Gasteiger partial charge on any atom is 0.406 e. The molecule has 3 atom stereocenters. The number of nitrogens with two attached hydrogens (primary N) is 1. The molecule has 10 heteroatoms. The molecule has 160 valence electrons. The highest BCUT2D eigenvalue weighted by Crippen LogP contribution is 2.37. The quantitative estimate of drug-likeness (QED) is 0.772. The minimum absolute atomic E-state index is 0.0318. The number of hydrogen-bond donors (Lipinski definition) is 1. The van der Waals surface area contributed by atoms with E-state index >= 15 is 0 Å². The lowest BCUT2D eigenvalue weighted by atomic mass is 9.93. The van der Waals surface area contributed by atoms with Crippen molar-refractivity contribution >= 4 is 16.1 Å². The molecule has 2 aromatic rings. The molecular weight excluding hydrogens is 415 g/mol. The van der Waals surface area contributed by atoms with E-state index in [9.17, 15) is 17.6 Å². The van der Waals surface area contributed by atoms with E-state index in [0.717, 1.165) is 0 Å². The average molecular weight is 436 g/mol. The van der Waals surface area contributed by atoms with Crippen LogP contribution >= 0.6 is 0 Å². The van der Waals surface area contributed by atoms with Crippen LogP contribution in [-0.4, -0.2) is 44.3 Å². The second kappa shape index (κ2) is 8.21. The van der Waals surface area contributed by atoms with Gasteiger partial charge in [0.15, 0.2) is 6.23 Å². The van der Waals surface area contributed by atoms with Crippen molar-refractivity contribution in [2.75, 3.05) is 13.2 Å². The van der Waals surface area contributed by atoms with Gasteiger partial charge in [0.05, 0.1) is 11.0 Å². The molecule has 2 aliphatic heterocycles. The molecule has 1 amide bonds. The number of fused-ring (bicyclic) bond motifs is 1. The minimum Gasteiger partial charge on any atom is -0.457 e. The van der Waals surface area contributed by atoms with E-state index in [2.05, 4.69) is 0 Å². The zero-order chi connectivity index (χ0) is 21.3. The summed E-state index contributed by atoms with van der Waals surface area (Å²) in [6.45, 7) is 0.631. The number of carbonyl (C=O) groups is 1. The Bertz CT molecular complexity index is 1010. The normalized spacial score (nSPS) is 24.2. The molecule has 4 rings (SSSR count). The molecule has 2 aliphatic rings. The predicted octanol–water partition coefficient (Wildman–Crippen LogP) is 2.84. The van der Waals surface area contributed by atoms with Crippen molar-refractivity contribution in [3.63, 3.8) is 0 Å². The number of nitrogens with zero attached hydrogens (tertiary/aromatic N) is 1. The van der Waals surface area contributed by atoms with Crippen LogP contribution in [0.3, 0.4) is 0 Å². The number of benzene rings is 2. The molecule has 30 heavy (non-hydrogen) atoms. The first-order chi connectivity index (χ1) is 14.3. The number of hydrogen-bond acceptors (Lipinski definition) is 6. The number of amides is 1. The topological polar surface area (TPSA) is 108 Å². The third kappa shape index (κ3) is 4.11. The Morgan fingerprint density at radius 3 is 2.33 bits per heavy atom. The van der Waals surface area contributed by atoms with Crippen molar-refractivity contribution in [1.82, 2.24) is 4.31 Å².